The molecule has 1 N–H and O–H groups in total. The van der Waals surface area contributed by atoms with E-state index in [0.29, 0.717) is 5.69 Å². The molecule has 0 aliphatic carbocycles. The van der Waals surface area contributed by atoms with Gasteiger partial charge >= 0.3 is 6.03 Å². The molecule has 0 atom stereocenters. The maximum atomic E-state index is 13.3. The second-order valence-corrected chi connectivity index (χ2v) is 8.45. The smallest absolute Gasteiger partial charge is 0.318 e. The van der Waals surface area contributed by atoms with Crippen LogP contribution in [0.15, 0.2) is 54.1 Å². The number of aryl methyl sites for hydroxylation is 4. The van der Waals surface area contributed by atoms with E-state index >= 15 is 0 Å². The molecule has 0 bridgehead atoms. The van der Waals surface area contributed by atoms with E-state index in [-0.39, 0.29) is 5.57 Å². The number of amides is 4. The minimum Gasteiger partial charge on any atom is -0.318 e. The summed E-state index contributed by atoms with van der Waals surface area (Å²) in [6, 6.07) is 14.9. The molecule has 6 heteroatoms. The third-order valence-corrected chi connectivity index (χ3v) is 5.95. The number of hydrogen-bond acceptors (Lipinski definition) is 3. The first-order chi connectivity index (χ1) is 15.7. The van der Waals surface area contributed by atoms with Gasteiger partial charge in [0.05, 0.1) is 5.69 Å². The maximum absolute atomic E-state index is 13.3. The largest absolute Gasteiger partial charge is 0.335 e. The Morgan fingerprint density at radius 1 is 0.909 bits per heavy atom. The van der Waals surface area contributed by atoms with E-state index in [4.69, 9.17) is 0 Å². The van der Waals surface area contributed by atoms with Gasteiger partial charge in [0.25, 0.3) is 11.8 Å². The first kappa shape index (κ1) is 22.3. The Morgan fingerprint density at radius 3 is 2.24 bits per heavy atom. The minimum absolute atomic E-state index is 0.0715. The van der Waals surface area contributed by atoms with E-state index in [1.54, 1.807) is 18.2 Å². The van der Waals surface area contributed by atoms with E-state index in [1.807, 2.05) is 52.0 Å². The van der Waals surface area contributed by atoms with Gasteiger partial charge in [-0.3, -0.25) is 14.9 Å². The number of urea groups is 1. The molecule has 0 unspecified atom stereocenters. The fourth-order valence-corrected chi connectivity index (χ4v) is 4.46. The molecule has 1 fully saturated rings. The molecule has 4 amide bonds. The van der Waals surface area contributed by atoms with E-state index in [2.05, 4.69) is 28.9 Å². The van der Waals surface area contributed by atoms with E-state index in [9.17, 15) is 14.4 Å². The Balaban J connectivity index is 1.79. The van der Waals surface area contributed by atoms with Crippen molar-refractivity contribution < 1.29 is 14.4 Å². The van der Waals surface area contributed by atoms with E-state index in [1.165, 1.54) is 5.56 Å². The maximum Gasteiger partial charge on any atom is 0.335 e. The highest BCUT2D eigenvalue weighted by molar-refractivity contribution is 6.39. The van der Waals surface area contributed by atoms with Crippen LogP contribution in [0.1, 0.15) is 40.6 Å². The van der Waals surface area contributed by atoms with Gasteiger partial charge in [0, 0.05) is 17.1 Å². The number of nitrogens with zero attached hydrogens (tertiary/aromatic N) is 2. The molecule has 1 saturated heterocycles. The summed E-state index contributed by atoms with van der Waals surface area (Å²) in [5.74, 6) is -1.32. The summed E-state index contributed by atoms with van der Waals surface area (Å²) in [4.78, 5) is 39.6. The van der Waals surface area contributed by atoms with Crippen LogP contribution in [0.3, 0.4) is 0 Å². The molecule has 2 aromatic carbocycles. The number of carbonyl (C=O) groups excluding carboxylic acids is 3. The van der Waals surface area contributed by atoms with Crippen molar-refractivity contribution in [3.63, 3.8) is 0 Å². The van der Waals surface area contributed by atoms with Crippen molar-refractivity contribution in [3.05, 3.63) is 87.7 Å². The number of para-hydroxylation sites is 1. The molecule has 6 nitrogen and oxygen atoms in total. The van der Waals surface area contributed by atoms with Crippen molar-refractivity contribution >= 4 is 29.6 Å². The zero-order valence-electron chi connectivity index (χ0n) is 19.5. The lowest BCUT2D eigenvalue weighted by atomic mass is 10.1. The predicted octanol–water partition coefficient (Wildman–Crippen LogP) is 4.94. The molecular formula is C27H27N3O3. The normalized spacial score (nSPS) is 15.4. The summed E-state index contributed by atoms with van der Waals surface area (Å²) in [5, 5.41) is 2.31. The highest BCUT2D eigenvalue weighted by Gasteiger charge is 2.37. The minimum atomic E-state index is -0.741. The second kappa shape index (κ2) is 8.54. The molecule has 2 heterocycles. The summed E-state index contributed by atoms with van der Waals surface area (Å²) in [7, 11) is 0. The Hall–Kier alpha value is -3.93. The molecule has 1 aromatic heterocycles. The number of carbonyl (C=O) groups is 3. The van der Waals surface area contributed by atoms with Gasteiger partial charge in [-0.05, 0) is 86.7 Å². The summed E-state index contributed by atoms with van der Waals surface area (Å²) in [6.07, 6.45) is 2.46. The van der Waals surface area contributed by atoms with Crippen LogP contribution in [0.4, 0.5) is 10.5 Å². The Labute approximate surface area is 193 Å². The molecule has 0 radical (unpaired) electrons. The van der Waals surface area contributed by atoms with Crippen LogP contribution in [0.25, 0.3) is 11.8 Å². The van der Waals surface area contributed by atoms with Gasteiger partial charge in [0.15, 0.2) is 0 Å². The Morgan fingerprint density at radius 2 is 1.58 bits per heavy atom. The zero-order valence-corrected chi connectivity index (χ0v) is 19.5. The predicted molar refractivity (Wildman–Crippen MR) is 130 cm³/mol. The van der Waals surface area contributed by atoms with Crippen molar-refractivity contribution in [2.75, 3.05) is 4.90 Å². The fraction of sp³-hybridized carbons (Fsp3) is 0.222. The third kappa shape index (κ3) is 4.00. The molecule has 33 heavy (non-hydrogen) atoms. The van der Waals surface area contributed by atoms with Gasteiger partial charge in [-0.15, -0.1) is 0 Å². The van der Waals surface area contributed by atoms with Gasteiger partial charge in [0.2, 0.25) is 0 Å². The molecular weight excluding hydrogens is 414 g/mol. The summed E-state index contributed by atoms with van der Waals surface area (Å²) in [6.45, 7) is 9.86. The quantitative estimate of drug-likeness (QED) is 0.460. The molecule has 3 aromatic rings. The number of aromatic nitrogens is 1. The molecule has 4 rings (SSSR count). The van der Waals surface area contributed by atoms with Crippen LogP contribution in [-0.4, -0.2) is 22.4 Å². The summed E-state index contributed by atoms with van der Waals surface area (Å²) in [5.41, 5.74) is 7.16. The third-order valence-electron chi connectivity index (χ3n) is 5.95. The Bertz CT molecular complexity index is 1310. The van der Waals surface area contributed by atoms with Gasteiger partial charge < -0.3 is 4.57 Å². The molecule has 1 aliphatic rings. The number of imide groups is 2. The lowest BCUT2D eigenvalue weighted by Gasteiger charge is -2.27. The first-order valence-corrected chi connectivity index (χ1v) is 11.0. The highest BCUT2D eigenvalue weighted by atomic mass is 16.2. The first-order valence-electron chi connectivity index (χ1n) is 11.0. The average molecular weight is 442 g/mol. The highest BCUT2D eigenvalue weighted by Crippen LogP contribution is 2.28. The number of hydrogen-bond donors (Lipinski definition) is 1. The second-order valence-electron chi connectivity index (χ2n) is 8.45. The zero-order chi connectivity index (χ0) is 23.9. The van der Waals surface area contributed by atoms with Crippen molar-refractivity contribution in [1.82, 2.24) is 9.88 Å². The number of benzene rings is 2. The van der Waals surface area contributed by atoms with Crippen LogP contribution in [0.2, 0.25) is 0 Å². The molecule has 168 valence electrons. The topological polar surface area (TPSA) is 71.4 Å². The van der Waals surface area contributed by atoms with Crippen LogP contribution >= 0.6 is 0 Å². The van der Waals surface area contributed by atoms with Crippen molar-refractivity contribution in [1.29, 1.82) is 0 Å². The molecule has 1 aliphatic heterocycles. The standard InChI is InChI=1S/C27H27N3O3/c1-6-20-9-7-8-10-24(20)29-18(4)14-21(19(29)5)15-23-25(31)28-27(33)30(26(23)32)22-12-16(2)11-17(3)13-22/h7-15H,6H2,1-5H3,(H,28,31,33)/b23-15+. The van der Waals surface area contributed by atoms with Gasteiger partial charge in [0.1, 0.15) is 5.57 Å². The van der Waals surface area contributed by atoms with Gasteiger partial charge in [-0.1, -0.05) is 31.2 Å². The lowest BCUT2D eigenvalue weighted by Crippen LogP contribution is -2.54. The summed E-state index contributed by atoms with van der Waals surface area (Å²) < 4.78 is 2.13. The average Bonchev–Trinajstić information content (AvgIpc) is 3.03. The van der Waals surface area contributed by atoms with E-state index in [0.717, 1.165) is 45.1 Å². The fourth-order valence-electron chi connectivity index (χ4n) is 4.46. The monoisotopic (exact) mass is 441 g/mol. The van der Waals surface area contributed by atoms with Crippen molar-refractivity contribution in [2.24, 2.45) is 0 Å². The van der Waals surface area contributed by atoms with Crippen LogP contribution in [-0.2, 0) is 16.0 Å². The van der Waals surface area contributed by atoms with Crippen LogP contribution in [0.5, 0.6) is 0 Å². The molecule has 0 saturated carbocycles. The lowest BCUT2D eigenvalue weighted by molar-refractivity contribution is -0.122. The van der Waals surface area contributed by atoms with Gasteiger partial charge in [-0.2, -0.15) is 0 Å². The van der Waals surface area contributed by atoms with Crippen molar-refractivity contribution in [3.8, 4) is 5.69 Å². The number of nitrogens with one attached hydrogen (secondary N) is 1. The molecule has 0 spiro atoms. The SMILES string of the molecule is CCc1ccccc1-n1c(C)cc(/C=C2\C(=O)NC(=O)N(c3cc(C)cc(C)c3)C2=O)c1C. The van der Waals surface area contributed by atoms with Crippen LogP contribution < -0.4 is 10.2 Å². The van der Waals surface area contributed by atoms with Gasteiger partial charge in [-0.25, -0.2) is 9.69 Å². The van der Waals surface area contributed by atoms with Crippen LogP contribution in [0, 0.1) is 27.7 Å². The number of rotatable bonds is 4. The van der Waals surface area contributed by atoms with Crippen molar-refractivity contribution in [2.45, 2.75) is 41.0 Å². The summed E-state index contributed by atoms with van der Waals surface area (Å²) >= 11 is 0. The van der Waals surface area contributed by atoms with E-state index < -0.39 is 17.8 Å². The number of barbiturate groups is 1. The number of anilines is 1. The Kier molecular flexibility index (Phi) is 5.77.